The minimum Gasteiger partial charge on any atom is -0.301 e. The van der Waals surface area contributed by atoms with Gasteiger partial charge in [-0.3, -0.25) is 9.52 Å². The van der Waals surface area contributed by atoms with Crippen molar-refractivity contribution < 1.29 is 8.42 Å². The second kappa shape index (κ2) is 8.29. The summed E-state index contributed by atoms with van der Waals surface area (Å²) >= 11 is 1.25. The lowest BCUT2D eigenvalue weighted by atomic mass is 10.2. The van der Waals surface area contributed by atoms with Crippen molar-refractivity contribution in [2.75, 3.05) is 4.72 Å². The highest BCUT2D eigenvalue weighted by Gasteiger charge is 2.15. The molecule has 0 spiro atoms. The molecule has 0 fully saturated rings. The third-order valence-electron chi connectivity index (χ3n) is 3.75. The third-order valence-corrected chi connectivity index (χ3v) is 6.06. The number of sulfonamides is 1. The van der Waals surface area contributed by atoms with Crippen molar-refractivity contribution in [3.05, 3.63) is 81.6 Å². The van der Waals surface area contributed by atoms with E-state index in [1.165, 1.54) is 23.9 Å². The number of aromatic amines is 1. The summed E-state index contributed by atoms with van der Waals surface area (Å²) in [5.41, 5.74) is 1.98. The lowest BCUT2D eigenvalue weighted by Gasteiger charge is -2.08. The van der Waals surface area contributed by atoms with E-state index >= 15 is 0 Å². The van der Waals surface area contributed by atoms with Crippen molar-refractivity contribution in [3.63, 3.8) is 0 Å². The van der Waals surface area contributed by atoms with E-state index < -0.39 is 15.6 Å². The predicted octanol–water partition coefficient (Wildman–Crippen LogP) is 3.04. The quantitative estimate of drug-likeness (QED) is 0.475. The van der Waals surface area contributed by atoms with E-state index in [9.17, 15) is 13.2 Å². The van der Waals surface area contributed by atoms with Gasteiger partial charge in [0, 0.05) is 11.8 Å². The molecular weight excluding hydrogens is 396 g/mol. The maximum Gasteiger partial charge on any atom is 0.263 e. The summed E-state index contributed by atoms with van der Waals surface area (Å²) in [6.45, 7) is 1.86. The fourth-order valence-corrected chi connectivity index (χ4v) is 4.12. The molecule has 142 valence electrons. The van der Waals surface area contributed by atoms with E-state index in [-0.39, 0.29) is 10.7 Å². The van der Waals surface area contributed by atoms with Crippen molar-refractivity contribution in [1.82, 2.24) is 9.97 Å². The van der Waals surface area contributed by atoms with E-state index in [0.29, 0.717) is 16.5 Å². The van der Waals surface area contributed by atoms with E-state index in [2.05, 4.69) is 14.7 Å². The number of H-pyrrole nitrogens is 1. The maximum atomic E-state index is 12.5. The van der Waals surface area contributed by atoms with Crippen LogP contribution in [0, 0.1) is 18.3 Å². The molecule has 28 heavy (non-hydrogen) atoms. The lowest BCUT2D eigenvalue weighted by molar-refractivity contribution is 0.601. The summed E-state index contributed by atoms with van der Waals surface area (Å²) < 4.78 is 27.3. The normalized spacial score (nSPS) is 11.0. The fourth-order valence-electron chi connectivity index (χ4n) is 2.30. The highest BCUT2D eigenvalue weighted by atomic mass is 32.2. The van der Waals surface area contributed by atoms with Crippen molar-refractivity contribution >= 4 is 27.6 Å². The first-order chi connectivity index (χ1) is 13.4. The average molecular weight is 412 g/mol. The largest absolute Gasteiger partial charge is 0.301 e. The molecule has 3 rings (SSSR count). The molecule has 2 aromatic carbocycles. The molecule has 1 aromatic heterocycles. The monoisotopic (exact) mass is 412 g/mol. The highest BCUT2D eigenvalue weighted by Crippen LogP contribution is 2.21. The van der Waals surface area contributed by atoms with Crippen molar-refractivity contribution in [3.8, 4) is 6.07 Å². The Kier molecular flexibility index (Phi) is 5.82. The maximum absolute atomic E-state index is 12.5. The molecule has 0 unspecified atom stereocenters. The SMILES string of the molecule is Cc1ccc(S(=O)(=O)Nc2cc(=O)[nH]c(SCc3ccc(C#N)cc3)n2)cc1. The van der Waals surface area contributed by atoms with Crippen LogP contribution in [-0.2, 0) is 15.8 Å². The first-order valence-corrected chi connectivity index (χ1v) is 10.7. The zero-order valence-corrected chi connectivity index (χ0v) is 16.5. The van der Waals surface area contributed by atoms with Crippen molar-refractivity contribution in [2.45, 2.75) is 22.7 Å². The molecule has 0 aliphatic carbocycles. The van der Waals surface area contributed by atoms with Gasteiger partial charge in [-0.05, 0) is 36.8 Å². The molecule has 0 atom stereocenters. The Morgan fingerprint density at radius 2 is 1.82 bits per heavy atom. The van der Waals surface area contributed by atoms with E-state index in [1.807, 2.05) is 25.1 Å². The lowest BCUT2D eigenvalue weighted by Crippen LogP contribution is -2.17. The third kappa shape index (κ3) is 5.00. The number of nitrogens with zero attached hydrogens (tertiary/aromatic N) is 2. The zero-order chi connectivity index (χ0) is 20.1. The molecule has 0 radical (unpaired) electrons. The molecule has 0 saturated heterocycles. The minimum absolute atomic E-state index is 0.0494. The van der Waals surface area contributed by atoms with Gasteiger partial charge in [-0.25, -0.2) is 13.4 Å². The van der Waals surface area contributed by atoms with Gasteiger partial charge in [0.05, 0.1) is 16.5 Å². The Balaban J connectivity index is 1.76. The zero-order valence-electron chi connectivity index (χ0n) is 14.8. The van der Waals surface area contributed by atoms with Gasteiger partial charge in [-0.2, -0.15) is 5.26 Å². The summed E-state index contributed by atoms with van der Waals surface area (Å²) in [6.07, 6.45) is 0. The van der Waals surface area contributed by atoms with Gasteiger partial charge in [0.25, 0.3) is 15.6 Å². The van der Waals surface area contributed by atoms with E-state index in [0.717, 1.165) is 17.2 Å². The molecule has 1 heterocycles. The summed E-state index contributed by atoms with van der Waals surface area (Å²) in [6, 6.07) is 16.6. The molecular formula is C19H16N4O3S2. The van der Waals surface area contributed by atoms with Gasteiger partial charge >= 0.3 is 0 Å². The molecule has 0 amide bonds. The van der Waals surface area contributed by atoms with Crippen molar-refractivity contribution in [1.29, 1.82) is 5.26 Å². The number of rotatable bonds is 6. The highest BCUT2D eigenvalue weighted by molar-refractivity contribution is 7.98. The Labute approximate surface area is 166 Å². The first kappa shape index (κ1) is 19.7. The van der Waals surface area contributed by atoms with Crippen LogP contribution in [0.5, 0.6) is 0 Å². The van der Waals surface area contributed by atoms with Crippen LogP contribution in [0.1, 0.15) is 16.7 Å². The molecule has 0 aliphatic rings. The van der Waals surface area contributed by atoms with Gasteiger partial charge in [0.1, 0.15) is 5.82 Å². The molecule has 0 bridgehead atoms. The van der Waals surface area contributed by atoms with Crippen LogP contribution in [0.15, 0.2) is 69.4 Å². The summed E-state index contributed by atoms with van der Waals surface area (Å²) in [4.78, 5) is 18.7. The number of anilines is 1. The van der Waals surface area contributed by atoms with Gasteiger partial charge < -0.3 is 4.98 Å². The second-order valence-electron chi connectivity index (χ2n) is 5.95. The predicted molar refractivity (Wildman–Crippen MR) is 108 cm³/mol. The van der Waals surface area contributed by atoms with Crippen LogP contribution in [0.25, 0.3) is 0 Å². The minimum atomic E-state index is -3.84. The Morgan fingerprint density at radius 3 is 2.46 bits per heavy atom. The molecule has 0 saturated carbocycles. The number of aromatic nitrogens is 2. The second-order valence-corrected chi connectivity index (χ2v) is 8.60. The average Bonchev–Trinajstić information content (AvgIpc) is 2.66. The Bertz CT molecular complexity index is 1180. The van der Waals surface area contributed by atoms with Crippen LogP contribution >= 0.6 is 11.8 Å². The fraction of sp³-hybridized carbons (Fsp3) is 0.105. The van der Waals surface area contributed by atoms with Gasteiger partial charge in [0.15, 0.2) is 5.16 Å². The number of hydrogen-bond donors (Lipinski definition) is 2. The first-order valence-electron chi connectivity index (χ1n) is 8.18. The summed E-state index contributed by atoms with van der Waals surface area (Å²) in [7, 11) is -3.84. The summed E-state index contributed by atoms with van der Waals surface area (Å²) in [5.74, 6) is 0.453. The Hall–Kier alpha value is -3.09. The van der Waals surface area contributed by atoms with E-state index in [4.69, 9.17) is 5.26 Å². The number of thioether (sulfide) groups is 1. The number of nitriles is 1. The van der Waals surface area contributed by atoms with E-state index in [1.54, 1.807) is 24.3 Å². The molecule has 7 nitrogen and oxygen atoms in total. The number of nitrogens with one attached hydrogen (secondary N) is 2. The molecule has 9 heteroatoms. The van der Waals surface area contributed by atoms with Gasteiger partial charge in [-0.1, -0.05) is 41.6 Å². The number of hydrogen-bond acceptors (Lipinski definition) is 6. The Morgan fingerprint density at radius 1 is 1.14 bits per heavy atom. The molecule has 0 aliphatic heterocycles. The van der Waals surface area contributed by atoms with Crippen LogP contribution in [0.2, 0.25) is 0 Å². The van der Waals surface area contributed by atoms with Gasteiger partial charge in [0.2, 0.25) is 0 Å². The topological polar surface area (TPSA) is 116 Å². The van der Waals surface area contributed by atoms with Gasteiger partial charge in [-0.15, -0.1) is 0 Å². The smallest absolute Gasteiger partial charge is 0.263 e. The van der Waals surface area contributed by atoms with Crippen LogP contribution in [-0.4, -0.2) is 18.4 Å². The van der Waals surface area contributed by atoms with Crippen LogP contribution in [0.4, 0.5) is 5.82 Å². The van der Waals surface area contributed by atoms with Crippen LogP contribution < -0.4 is 10.3 Å². The summed E-state index contributed by atoms with van der Waals surface area (Å²) in [5, 5.41) is 9.12. The number of benzene rings is 2. The standard InChI is InChI=1S/C19H16N4O3S2/c1-13-2-8-16(9-3-13)28(25,26)23-17-10-18(24)22-19(21-17)27-12-15-6-4-14(11-20)5-7-15/h2-10H,12H2,1H3,(H2,21,22,23,24). The number of aryl methyl sites for hydroxylation is 1. The molecule has 2 N–H and O–H groups in total. The van der Waals surface area contributed by atoms with Crippen molar-refractivity contribution in [2.24, 2.45) is 0 Å². The molecule has 3 aromatic rings. The van der Waals surface area contributed by atoms with Crippen LogP contribution in [0.3, 0.4) is 0 Å².